The predicted molar refractivity (Wildman–Crippen MR) is 47.2 cm³/mol. The lowest BCUT2D eigenvalue weighted by Crippen LogP contribution is -2.38. The lowest BCUT2D eigenvalue weighted by Gasteiger charge is -2.27. The fraction of sp³-hybridized carbons (Fsp3) is 0.778. The summed E-state index contributed by atoms with van der Waals surface area (Å²) in [7, 11) is 0. The Morgan fingerprint density at radius 3 is 2.46 bits per heavy atom. The fourth-order valence-electron chi connectivity index (χ4n) is 1.85. The zero-order valence-corrected chi connectivity index (χ0v) is 7.99. The summed E-state index contributed by atoms with van der Waals surface area (Å²) in [5.41, 5.74) is -0.721. The summed E-state index contributed by atoms with van der Waals surface area (Å²) in [6.45, 7) is 4.70. The largest absolute Gasteiger partial charge is 0.481 e. The quantitative estimate of drug-likeness (QED) is 0.654. The van der Waals surface area contributed by atoms with Gasteiger partial charge in [0.1, 0.15) is 0 Å². The van der Waals surface area contributed by atoms with Crippen LogP contribution in [0.1, 0.15) is 20.3 Å². The predicted octanol–water partition coefficient (Wildman–Crippen LogP) is 0.575. The van der Waals surface area contributed by atoms with E-state index in [1.807, 2.05) is 13.8 Å². The van der Waals surface area contributed by atoms with Gasteiger partial charge in [-0.2, -0.15) is 0 Å². The number of nitrogens with zero attached hydrogens (tertiary/aromatic N) is 1. The summed E-state index contributed by atoms with van der Waals surface area (Å²) in [6.07, 6.45) is 1.30. The maximum atomic E-state index is 11.1. The van der Waals surface area contributed by atoms with Gasteiger partial charge in [-0.15, -0.1) is 0 Å². The zero-order chi connectivity index (χ0) is 10.1. The summed E-state index contributed by atoms with van der Waals surface area (Å²) in [6, 6.07) is 0. The average Bonchev–Trinajstić information content (AvgIpc) is 2.48. The van der Waals surface area contributed by atoms with Crippen LogP contribution in [0.15, 0.2) is 0 Å². The highest BCUT2D eigenvalue weighted by atomic mass is 16.4. The SMILES string of the molecule is CC(C)C1(C(=O)O)CCN(C=O)C1. The number of carboxylic acids is 1. The van der Waals surface area contributed by atoms with Crippen molar-refractivity contribution < 1.29 is 14.7 Å². The van der Waals surface area contributed by atoms with Crippen LogP contribution in [0.4, 0.5) is 0 Å². The zero-order valence-electron chi connectivity index (χ0n) is 7.99. The number of hydrogen-bond donors (Lipinski definition) is 1. The van der Waals surface area contributed by atoms with E-state index in [4.69, 9.17) is 5.11 Å². The van der Waals surface area contributed by atoms with Crippen molar-refractivity contribution in [2.75, 3.05) is 13.1 Å². The second kappa shape index (κ2) is 3.36. The van der Waals surface area contributed by atoms with Crippen LogP contribution in [0.25, 0.3) is 0 Å². The third kappa shape index (κ3) is 1.53. The van der Waals surface area contributed by atoms with E-state index in [9.17, 15) is 9.59 Å². The van der Waals surface area contributed by atoms with E-state index in [2.05, 4.69) is 0 Å². The standard InChI is InChI=1S/C9H15NO3/c1-7(2)9(8(12)13)3-4-10(5-9)6-11/h6-7H,3-5H2,1-2H3,(H,12,13). The molecule has 1 fully saturated rings. The molecule has 0 spiro atoms. The topological polar surface area (TPSA) is 57.6 Å². The highest BCUT2D eigenvalue weighted by Crippen LogP contribution is 2.37. The minimum atomic E-state index is -0.785. The van der Waals surface area contributed by atoms with Gasteiger partial charge in [0.15, 0.2) is 0 Å². The molecule has 0 aromatic carbocycles. The van der Waals surface area contributed by atoms with Crippen LogP contribution in [0.3, 0.4) is 0 Å². The molecule has 0 aromatic heterocycles. The number of carbonyl (C=O) groups is 2. The number of carbonyl (C=O) groups excluding carboxylic acids is 1. The molecule has 4 heteroatoms. The van der Waals surface area contributed by atoms with Crippen LogP contribution in [0.2, 0.25) is 0 Å². The number of likely N-dealkylation sites (tertiary alicyclic amines) is 1. The molecule has 0 aliphatic carbocycles. The smallest absolute Gasteiger partial charge is 0.311 e. The van der Waals surface area contributed by atoms with Gasteiger partial charge in [0.05, 0.1) is 5.41 Å². The number of carboxylic acid groups (broad SMARTS) is 1. The molecule has 0 saturated carbocycles. The highest BCUT2D eigenvalue weighted by Gasteiger charge is 2.46. The van der Waals surface area contributed by atoms with Gasteiger partial charge in [0.2, 0.25) is 6.41 Å². The molecular weight excluding hydrogens is 170 g/mol. The first-order valence-electron chi connectivity index (χ1n) is 4.45. The maximum Gasteiger partial charge on any atom is 0.311 e. The molecule has 0 radical (unpaired) electrons. The van der Waals surface area contributed by atoms with Crippen LogP contribution in [-0.2, 0) is 9.59 Å². The highest BCUT2D eigenvalue weighted by molar-refractivity contribution is 5.76. The summed E-state index contributed by atoms with van der Waals surface area (Å²) in [4.78, 5) is 23.1. The van der Waals surface area contributed by atoms with Gasteiger partial charge in [-0.3, -0.25) is 9.59 Å². The molecule has 1 N–H and O–H groups in total. The second-order valence-corrected chi connectivity index (χ2v) is 3.94. The molecule has 4 nitrogen and oxygen atoms in total. The van der Waals surface area contributed by atoms with Crippen molar-refractivity contribution in [2.45, 2.75) is 20.3 Å². The van der Waals surface area contributed by atoms with E-state index in [1.165, 1.54) is 4.90 Å². The molecule has 1 heterocycles. The number of hydrogen-bond acceptors (Lipinski definition) is 2. The first kappa shape index (κ1) is 10.0. The molecule has 0 aromatic rings. The summed E-state index contributed by atoms with van der Waals surface area (Å²) in [5.74, 6) is -0.721. The minimum absolute atomic E-state index is 0.0648. The van der Waals surface area contributed by atoms with E-state index in [0.29, 0.717) is 19.5 Å². The molecule has 1 saturated heterocycles. The number of amides is 1. The van der Waals surface area contributed by atoms with Gasteiger partial charge in [0, 0.05) is 13.1 Å². The molecule has 13 heavy (non-hydrogen) atoms. The van der Waals surface area contributed by atoms with Crippen molar-refractivity contribution in [1.82, 2.24) is 4.90 Å². The summed E-state index contributed by atoms with van der Waals surface area (Å²) >= 11 is 0. The van der Waals surface area contributed by atoms with Gasteiger partial charge in [-0.1, -0.05) is 13.8 Å². The Hall–Kier alpha value is -1.06. The molecule has 0 bridgehead atoms. The second-order valence-electron chi connectivity index (χ2n) is 3.94. The van der Waals surface area contributed by atoms with Crippen LogP contribution in [0.5, 0.6) is 0 Å². The Morgan fingerprint density at radius 1 is 1.62 bits per heavy atom. The van der Waals surface area contributed by atoms with Crippen molar-refractivity contribution in [1.29, 1.82) is 0 Å². The van der Waals surface area contributed by atoms with Crippen molar-refractivity contribution in [3.05, 3.63) is 0 Å². The normalized spacial score (nSPS) is 28.1. The Bertz CT molecular complexity index is 227. The van der Waals surface area contributed by atoms with Gasteiger partial charge in [-0.05, 0) is 12.3 Å². The third-order valence-corrected chi connectivity index (χ3v) is 3.01. The molecule has 1 amide bonds. The van der Waals surface area contributed by atoms with Gasteiger partial charge < -0.3 is 10.0 Å². The van der Waals surface area contributed by atoms with Crippen LogP contribution in [-0.4, -0.2) is 35.5 Å². The van der Waals surface area contributed by atoms with E-state index in [1.54, 1.807) is 0 Å². The Morgan fingerprint density at radius 2 is 2.23 bits per heavy atom. The van der Waals surface area contributed by atoms with Crippen molar-refractivity contribution in [2.24, 2.45) is 11.3 Å². The summed E-state index contributed by atoms with van der Waals surface area (Å²) < 4.78 is 0. The molecule has 1 rings (SSSR count). The molecule has 1 aliphatic rings. The minimum Gasteiger partial charge on any atom is -0.481 e. The number of aliphatic carboxylic acids is 1. The van der Waals surface area contributed by atoms with Crippen molar-refractivity contribution >= 4 is 12.4 Å². The molecule has 74 valence electrons. The van der Waals surface area contributed by atoms with Crippen LogP contribution >= 0.6 is 0 Å². The van der Waals surface area contributed by atoms with Gasteiger partial charge in [-0.25, -0.2) is 0 Å². The van der Waals surface area contributed by atoms with Crippen molar-refractivity contribution in [3.8, 4) is 0 Å². The van der Waals surface area contributed by atoms with E-state index in [-0.39, 0.29) is 5.92 Å². The molecular formula is C9H15NO3. The Balaban J connectivity index is 2.83. The first-order valence-corrected chi connectivity index (χ1v) is 4.45. The van der Waals surface area contributed by atoms with E-state index >= 15 is 0 Å². The third-order valence-electron chi connectivity index (χ3n) is 3.01. The lowest BCUT2D eigenvalue weighted by atomic mass is 9.76. The van der Waals surface area contributed by atoms with E-state index in [0.717, 1.165) is 6.41 Å². The molecule has 1 atom stereocenters. The van der Waals surface area contributed by atoms with Crippen LogP contribution in [0, 0.1) is 11.3 Å². The molecule has 1 unspecified atom stereocenters. The molecule has 1 aliphatic heterocycles. The van der Waals surface area contributed by atoms with Crippen molar-refractivity contribution in [3.63, 3.8) is 0 Å². The first-order chi connectivity index (χ1) is 6.03. The average molecular weight is 185 g/mol. The van der Waals surface area contributed by atoms with Crippen LogP contribution < -0.4 is 0 Å². The Labute approximate surface area is 77.5 Å². The maximum absolute atomic E-state index is 11.1. The van der Waals surface area contributed by atoms with Gasteiger partial charge >= 0.3 is 5.97 Å². The lowest BCUT2D eigenvalue weighted by molar-refractivity contribution is -0.151. The van der Waals surface area contributed by atoms with Gasteiger partial charge in [0.25, 0.3) is 0 Å². The Kier molecular flexibility index (Phi) is 2.59. The fourth-order valence-corrected chi connectivity index (χ4v) is 1.85. The summed E-state index contributed by atoms with van der Waals surface area (Å²) in [5, 5.41) is 9.10. The monoisotopic (exact) mass is 185 g/mol. The van der Waals surface area contributed by atoms with E-state index < -0.39 is 11.4 Å². The number of rotatable bonds is 3.